The minimum absolute atomic E-state index is 0.189. The summed E-state index contributed by atoms with van der Waals surface area (Å²) < 4.78 is 5.68. The van der Waals surface area contributed by atoms with Gasteiger partial charge in [-0.1, -0.05) is 52.2 Å². The fourth-order valence-electron chi connectivity index (χ4n) is 2.53. The molecular formula is C22H29NO2. The summed E-state index contributed by atoms with van der Waals surface area (Å²) in [5.74, 6) is 1.40. The number of nitrogens with zero attached hydrogens (tertiary/aromatic N) is 1. The molecule has 0 atom stereocenters. The minimum atomic E-state index is 0.189. The van der Waals surface area contributed by atoms with Crippen molar-refractivity contribution in [3.8, 4) is 11.5 Å². The monoisotopic (exact) mass is 339 g/mol. The van der Waals surface area contributed by atoms with Gasteiger partial charge in [0.1, 0.15) is 11.5 Å². The summed E-state index contributed by atoms with van der Waals surface area (Å²) in [6.45, 7) is 7.22. The molecule has 0 heterocycles. The van der Waals surface area contributed by atoms with Gasteiger partial charge in [-0.05, 0) is 42.2 Å². The molecule has 0 aromatic heterocycles. The molecule has 0 amide bonds. The molecule has 0 aliphatic rings. The van der Waals surface area contributed by atoms with Crippen LogP contribution in [0.3, 0.4) is 0 Å². The first-order valence-corrected chi connectivity index (χ1v) is 9.20. The van der Waals surface area contributed by atoms with Gasteiger partial charge in [0, 0.05) is 17.8 Å². The van der Waals surface area contributed by atoms with Crippen molar-refractivity contribution in [3.05, 3.63) is 53.6 Å². The van der Waals surface area contributed by atoms with Crippen LogP contribution in [0.5, 0.6) is 11.5 Å². The predicted octanol–water partition coefficient (Wildman–Crippen LogP) is 6.23. The number of aliphatic imine (C=N–C) groups is 1. The van der Waals surface area contributed by atoms with Gasteiger partial charge in [0.25, 0.3) is 0 Å². The Kier molecular flexibility index (Phi) is 7.52. The smallest absolute Gasteiger partial charge is 0.128 e. The second-order valence-electron chi connectivity index (χ2n) is 6.63. The highest BCUT2D eigenvalue weighted by Crippen LogP contribution is 2.24. The van der Waals surface area contributed by atoms with Crippen molar-refractivity contribution in [1.82, 2.24) is 0 Å². The van der Waals surface area contributed by atoms with E-state index in [9.17, 15) is 5.11 Å². The number of rotatable bonds is 9. The zero-order valence-electron chi connectivity index (χ0n) is 15.5. The third-order valence-electron chi connectivity index (χ3n) is 4.18. The molecule has 0 bridgehead atoms. The first kappa shape index (κ1) is 19.0. The second-order valence-corrected chi connectivity index (χ2v) is 6.63. The maximum atomic E-state index is 10.2. The van der Waals surface area contributed by atoms with E-state index >= 15 is 0 Å². The SMILES string of the molecule is CCCCCCOc1ccc(C=Nc2ccc(C(C)C)cc2)c(O)c1. The van der Waals surface area contributed by atoms with E-state index in [0.29, 0.717) is 23.8 Å². The summed E-state index contributed by atoms with van der Waals surface area (Å²) >= 11 is 0. The highest BCUT2D eigenvalue weighted by molar-refractivity contribution is 5.85. The van der Waals surface area contributed by atoms with Crippen molar-refractivity contribution in [2.24, 2.45) is 4.99 Å². The molecule has 0 spiro atoms. The van der Waals surface area contributed by atoms with E-state index in [4.69, 9.17) is 4.74 Å². The minimum Gasteiger partial charge on any atom is -0.507 e. The number of hydrogen-bond acceptors (Lipinski definition) is 3. The van der Waals surface area contributed by atoms with Crippen molar-refractivity contribution in [2.45, 2.75) is 52.4 Å². The fraction of sp³-hybridized carbons (Fsp3) is 0.409. The number of ether oxygens (including phenoxy) is 1. The lowest BCUT2D eigenvalue weighted by molar-refractivity contribution is 0.303. The Morgan fingerprint density at radius 1 is 1.04 bits per heavy atom. The van der Waals surface area contributed by atoms with Crippen LogP contribution in [0.1, 0.15) is 63.5 Å². The summed E-state index contributed by atoms with van der Waals surface area (Å²) in [5.41, 5.74) is 2.86. The normalized spacial score (nSPS) is 11.4. The van der Waals surface area contributed by atoms with Gasteiger partial charge in [0.05, 0.1) is 12.3 Å². The standard InChI is InChI=1S/C22H29NO2/c1-4-5-6-7-14-25-21-13-10-19(22(24)15-21)16-23-20-11-8-18(9-12-20)17(2)3/h8-13,15-17,24H,4-7,14H2,1-3H3. The maximum Gasteiger partial charge on any atom is 0.128 e. The van der Waals surface area contributed by atoms with Gasteiger partial charge in [0.15, 0.2) is 0 Å². The van der Waals surface area contributed by atoms with Gasteiger partial charge in [-0.15, -0.1) is 0 Å². The van der Waals surface area contributed by atoms with Gasteiger partial charge in [-0.2, -0.15) is 0 Å². The highest BCUT2D eigenvalue weighted by Gasteiger charge is 2.02. The number of hydrogen-bond donors (Lipinski definition) is 1. The van der Waals surface area contributed by atoms with Gasteiger partial charge >= 0.3 is 0 Å². The molecule has 0 unspecified atom stereocenters. The molecular weight excluding hydrogens is 310 g/mol. The molecule has 0 aliphatic heterocycles. The summed E-state index contributed by atoms with van der Waals surface area (Å²) in [4.78, 5) is 4.44. The molecule has 0 fully saturated rings. The third-order valence-corrected chi connectivity index (χ3v) is 4.18. The molecule has 3 nitrogen and oxygen atoms in total. The number of benzene rings is 2. The highest BCUT2D eigenvalue weighted by atomic mass is 16.5. The quantitative estimate of drug-likeness (QED) is 0.435. The van der Waals surface area contributed by atoms with Crippen LogP contribution in [0.25, 0.3) is 0 Å². The third kappa shape index (κ3) is 6.26. The van der Waals surface area contributed by atoms with Gasteiger partial charge in [0.2, 0.25) is 0 Å². The predicted molar refractivity (Wildman–Crippen MR) is 106 cm³/mol. The van der Waals surface area contributed by atoms with E-state index in [1.807, 2.05) is 24.3 Å². The molecule has 0 radical (unpaired) electrons. The number of aromatic hydroxyl groups is 1. The molecule has 0 aliphatic carbocycles. The van der Waals surface area contributed by atoms with Crippen LogP contribution in [0.4, 0.5) is 5.69 Å². The zero-order valence-corrected chi connectivity index (χ0v) is 15.5. The van der Waals surface area contributed by atoms with Crippen molar-refractivity contribution in [1.29, 1.82) is 0 Å². The van der Waals surface area contributed by atoms with E-state index in [1.54, 1.807) is 12.3 Å². The van der Waals surface area contributed by atoms with Crippen LogP contribution < -0.4 is 4.74 Å². The Balaban J connectivity index is 1.93. The largest absolute Gasteiger partial charge is 0.507 e. The first-order chi connectivity index (χ1) is 12.1. The van der Waals surface area contributed by atoms with E-state index < -0.39 is 0 Å². The summed E-state index contributed by atoms with van der Waals surface area (Å²) in [6, 6.07) is 13.5. The van der Waals surface area contributed by atoms with Crippen molar-refractivity contribution < 1.29 is 9.84 Å². The van der Waals surface area contributed by atoms with E-state index in [0.717, 1.165) is 12.1 Å². The zero-order chi connectivity index (χ0) is 18.1. The summed E-state index contributed by atoms with van der Waals surface area (Å²) in [6.07, 6.45) is 6.37. The number of unbranched alkanes of at least 4 members (excludes halogenated alkanes) is 3. The van der Waals surface area contributed by atoms with Gasteiger partial charge < -0.3 is 9.84 Å². The number of phenolic OH excluding ortho intramolecular Hbond substituents is 1. The first-order valence-electron chi connectivity index (χ1n) is 9.20. The molecule has 0 saturated carbocycles. The van der Waals surface area contributed by atoms with Crippen molar-refractivity contribution >= 4 is 11.9 Å². The summed E-state index contributed by atoms with van der Waals surface area (Å²) in [7, 11) is 0. The van der Waals surface area contributed by atoms with Crippen LogP contribution in [0.2, 0.25) is 0 Å². The van der Waals surface area contributed by atoms with Crippen LogP contribution >= 0.6 is 0 Å². The lowest BCUT2D eigenvalue weighted by Gasteiger charge is -2.07. The van der Waals surface area contributed by atoms with Gasteiger partial charge in [-0.3, -0.25) is 4.99 Å². The lowest BCUT2D eigenvalue weighted by atomic mass is 10.0. The van der Waals surface area contributed by atoms with E-state index in [2.05, 4.69) is 37.9 Å². The van der Waals surface area contributed by atoms with Crippen LogP contribution in [0, 0.1) is 0 Å². The Labute approximate surface area is 151 Å². The van der Waals surface area contributed by atoms with Crippen LogP contribution in [0.15, 0.2) is 47.5 Å². The Morgan fingerprint density at radius 2 is 1.80 bits per heavy atom. The Morgan fingerprint density at radius 3 is 2.44 bits per heavy atom. The molecule has 0 saturated heterocycles. The van der Waals surface area contributed by atoms with E-state index in [-0.39, 0.29) is 5.75 Å². The molecule has 2 rings (SSSR count). The topological polar surface area (TPSA) is 41.8 Å². The Bertz CT molecular complexity index is 675. The van der Waals surface area contributed by atoms with Gasteiger partial charge in [-0.25, -0.2) is 0 Å². The van der Waals surface area contributed by atoms with Crippen molar-refractivity contribution in [2.75, 3.05) is 6.61 Å². The molecule has 3 heteroatoms. The lowest BCUT2D eigenvalue weighted by Crippen LogP contribution is -1.97. The maximum absolute atomic E-state index is 10.2. The van der Waals surface area contributed by atoms with Crippen LogP contribution in [-0.4, -0.2) is 17.9 Å². The number of phenols is 1. The fourth-order valence-corrected chi connectivity index (χ4v) is 2.53. The second kappa shape index (κ2) is 9.87. The molecule has 1 N–H and O–H groups in total. The molecule has 134 valence electrons. The average Bonchev–Trinajstić information content (AvgIpc) is 2.61. The molecule has 2 aromatic rings. The average molecular weight is 339 g/mol. The molecule has 2 aromatic carbocycles. The molecule has 25 heavy (non-hydrogen) atoms. The van der Waals surface area contributed by atoms with Crippen molar-refractivity contribution in [3.63, 3.8) is 0 Å². The van der Waals surface area contributed by atoms with Crippen LogP contribution in [-0.2, 0) is 0 Å². The summed E-state index contributed by atoms with van der Waals surface area (Å²) in [5, 5.41) is 10.2. The Hall–Kier alpha value is -2.29. The van der Waals surface area contributed by atoms with E-state index in [1.165, 1.54) is 24.8 Å².